The zero-order valence-electron chi connectivity index (χ0n) is 17.4. The first-order valence-corrected chi connectivity index (χ1v) is 11.1. The average molecular weight is 398 g/mol. The van der Waals surface area contributed by atoms with Gasteiger partial charge in [0.1, 0.15) is 5.60 Å². The molecule has 2 heterocycles. The predicted octanol–water partition coefficient (Wildman–Crippen LogP) is 3.91. The smallest absolute Gasteiger partial charge is 0.309 e. The van der Waals surface area contributed by atoms with Gasteiger partial charge in [0.2, 0.25) is 0 Å². The van der Waals surface area contributed by atoms with Gasteiger partial charge in [0.25, 0.3) is 0 Å². The summed E-state index contributed by atoms with van der Waals surface area (Å²) in [5, 5.41) is 0. The Hall–Kier alpha value is -1.91. The van der Waals surface area contributed by atoms with Crippen LogP contribution in [0.1, 0.15) is 65.2 Å². The van der Waals surface area contributed by atoms with Crippen molar-refractivity contribution in [3.05, 3.63) is 23.8 Å². The summed E-state index contributed by atoms with van der Waals surface area (Å²) in [6.45, 7) is 4.96. The molecule has 3 fully saturated rings. The van der Waals surface area contributed by atoms with Crippen molar-refractivity contribution in [1.82, 2.24) is 0 Å². The number of hydrogen-bond donors (Lipinski definition) is 0. The van der Waals surface area contributed by atoms with E-state index in [0.29, 0.717) is 19.4 Å². The highest BCUT2D eigenvalue weighted by Crippen LogP contribution is 2.66. The Morgan fingerprint density at radius 3 is 2.48 bits per heavy atom. The van der Waals surface area contributed by atoms with Crippen LogP contribution < -0.4 is 0 Å². The summed E-state index contributed by atoms with van der Waals surface area (Å²) in [7, 11) is 0. The number of esters is 2. The number of carbonyl (C=O) groups is 3. The molecule has 0 aromatic carbocycles. The number of rotatable bonds is 2. The summed E-state index contributed by atoms with van der Waals surface area (Å²) in [6.07, 6.45) is 12.2. The molecule has 0 bridgehead atoms. The molecular weight excluding hydrogens is 368 g/mol. The van der Waals surface area contributed by atoms with E-state index in [1.807, 2.05) is 0 Å². The topological polar surface area (TPSA) is 69.7 Å². The Morgan fingerprint density at radius 2 is 1.86 bits per heavy atom. The first kappa shape index (κ1) is 19.1. The van der Waals surface area contributed by atoms with Gasteiger partial charge < -0.3 is 9.47 Å². The lowest BCUT2D eigenvalue weighted by Gasteiger charge is -2.52. The van der Waals surface area contributed by atoms with E-state index >= 15 is 0 Å². The SMILES string of the molecule is C[C@]12CC=C([C@]3(C)C=CC(=O)CC3)[C@@H]([C@H]3CCOC3=O)[C@@H]1CC[C@@]21CCC(=O)O1. The van der Waals surface area contributed by atoms with Crippen molar-refractivity contribution in [2.75, 3.05) is 6.61 Å². The van der Waals surface area contributed by atoms with E-state index in [0.717, 1.165) is 38.5 Å². The standard InChI is InChI=1S/C24H30O5/c1-22(9-3-15(25)4-10-22)17-5-11-23(2)18(20(17)16-8-14-28-21(16)27)6-12-24(23)13-7-19(26)29-24/h3,5,9,16,18,20H,4,6-8,10-14H2,1-2H3/t16-,18+,20-,22-,23+,24-/m1/s1. The van der Waals surface area contributed by atoms with Crippen LogP contribution in [0.15, 0.2) is 23.8 Å². The Labute approximate surface area is 171 Å². The van der Waals surface area contributed by atoms with E-state index in [1.54, 1.807) is 6.08 Å². The Bertz CT molecular complexity index is 840. The van der Waals surface area contributed by atoms with Crippen LogP contribution in [0, 0.1) is 28.6 Å². The molecule has 0 aromatic rings. The fourth-order valence-electron chi connectivity index (χ4n) is 7.14. The lowest BCUT2D eigenvalue weighted by molar-refractivity contribution is -0.161. The van der Waals surface area contributed by atoms with Crippen molar-refractivity contribution >= 4 is 17.7 Å². The van der Waals surface area contributed by atoms with Crippen molar-refractivity contribution < 1.29 is 23.9 Å². The van der Waals surface area contributed by atoms with Gasteiger partial charge in [-0.1, -0.05) is 31.6 Å². The molecule has 5 heteroatoms. The van der Waals surface area contributed by atoms with E-state index in [2.05, 4.69) is 26.0 Å². The highest BCUT2D eigenvalue weighted by Gasteiger charge is 2.66. The summed E-state index contributed by atoms with van der Waals surface area (Å²) in [6, 6.07) is 0. The van der Waals surface area contributed by atoms with E-state index in [-0.39, 0.29) is 46.3 Å². The summed E-state index contributed by atoms with van der Waals surface area (Å²) in [4.78, 5) is 36.6. The third-order valence-corrected chi connectivity index (χ3v) is 8.90. The second kappa shape index (κ2) is 6.29. The van der Waals surface area contributed by atoms with Crippen LogP contribution in [0.3, 0.4) is 0 Å². The van der Waals surface area contributed by atoms with Crippen molar-refractivity contribution in [2.24, 2.45) is 28.6 Å². The number of hydrogen-bond acceptors (Lipinski definition) is 5. The van der Waals surface area contributed by atoms with Crippen molar-refractivity contribution in [3.63, 3.8) is 0 Å². The molecule has 0 aromatic heterocycles. The molecule has 5 aliphatic rings. The van der Waals surface area contributed by atoms with E-state index in [9.17, 15) is 14.4 Å². The van der Waals surface area contributed by atoms with Gasteiger partial charge in [-0.2, -0.15) is 0 Å². The largest absolute Gasteiger partial charge is 0.465 e. The minimum Gasteiger partial charge on any atom is -0.465 e. The molecule has 0 radical (unpaired) electrons. The monoisotopic (exact) mass is 398 g/mol. The summed E-state index contributed by atoms with van der Waals surface area (Å²) >= 11 is 0. The van der Waals surface area contributed by atoms with Crippen LogP contribution in [-0.2, 0) is 23.9 Å². The van der Waals surface area contributed by atoms with Crippen LogP contribution >= 0.6 is 0 Å². The molecule has 5 rings (SSSR count). The maximum Gasteiger partial charge on any atom is 0.309 e. The Balaban J connectivity index is 1.59. The van der Waals surface area contributed by atoms with Crippen molar-refractivity contribution in [2.45, 2.75) is 70.8 Å². The molecule has 0 N–H and O–H groups in total. The lowest BCUT2D eigenvalue weighted by Crippen LogP contribution is -2.51. The Kier molecular flexibility index (Phi) is 4.14. The molecule has 3 aliphatic carbocycles. The number of cyclic esters (lactones) is 1. The summed E-state index contributed by atoms with van der Waals surface area (Å²) in [5.41, 5.74) is 0.552. The second-order valence-corrected chi connectivity index (χ2v) is 10.2. The van der Waals surface area contributed by atoms with Gasteiger partial charge in [0.05, 0.1) is 12.5 Å². The third-order valence-electron chi connectivity index (χ3n) is 8.90. The number of ketones is 1. The maximum absolute atomic E-state index is 12.7. The Morgan fingerprint density at radius 1 is 1.03 bits per heavy atom. The van der Waals surface area contributed by atoms with Gasteiger partial charge in [-0.25, -0.2) is 0 Å². The van der Waals surface area contributed by atoms with E-state index in [1.165, 1.54) is 5.57 Å². The van der Waals surface area contributed by atoms with E-state index in [4.69, 9.17) is 9.47 Å². The van der Waals surface area contributed by atoms with Crippen LogP contribution in [0.5, 0.6) is 0 Å². The van der Waals surface area contributed by atoms with Gasteiger partial charge >= 0.3 is 11.9 Å². The summed E-state index contributed by atoms with van der Waals surface area (Å²) in [5.74, 6) is 0.240. The molecule has 29 heavy (non-hydrogen) atoms. The number of allylic oxidation sites excluding steroid dienone is 4. The zero-order valence-corrected chi connectivity index (χ0v) is 17.4. The molecule has 2 aliphatic heterocycles. The fourth-order valence-corrected chi connectivity index (χ4v) is 7.14. The van der Waals surface area contributed by atoms with Gasteiger partial charge in [-0.3, -0.25) is 14.4 Å². The van der Waals surface area contributed by atoms with Crippen LogP contribution in [-0.4, -0.2) is 29.9 Å². The van der Waals surface area contributed by atoms with Gasteiger partial charge in [-0.05, 0) is 56.4 Å². The molecule has 0 unspecified atom stereocenters. The fraction of sp³-hybridized carbons (Fsp3) is 0.708. The first-order chi connectivity index (χ1) is 13.8. The maximum atomic E-state index is 12.7. The number of fused-ring (bicyclic) bond motifs is 2. The van der Waals surface area contributed by atoms with E-state index < -0.39 is 5.60 Å². The molecule has 1 saturated carbocycles. The van der Waals surface area contributed by atoms with Gasteiger partial charge in [0, 0.05) is 23.7 Å². The minimum absolute atomic E-state index is 0.0841. The van der Waals surface area contributed by atoms with Crippen molar-refractivity contribution in [3.8, 4) is 0 Å². The molecule has 5 nitrogen and oxygen atoms in total. The molecule has 0 amide bonds. The number of carbonyl (C=O) groups excluding carboxylic acids is 3. The highest BCUT2D eigenvalue weighted by molar-refractivity contribution is 5.90. The van der Waals surface area contributed by atoms with Crippen LogP contribution in [0.2, 0.25) is 0 Å². The third kappa shape index (κ3) is 2.62. The van der Waals surface area contributed by atoms with Gasteiger partial charge in [0.15, 0.2) is 5.78 Å². The number of ether oxygens (including phenoxy) is 2. The zero-order chi connectivity index (χ0) is 20.4. The highest BCUT2D eigenvalue weighted by atomic mass is 16.6. The molecular formula is C24H30O5. The lowest BCUT2D eigenvalue weighted by atomic mass is 9.53. The molecule has 2 saturated heterocycles. The predicted molar refractivity (Wildman–Crippen MR) is 106 cm³/mol. The second-order valence-electron chi connectivity index (χ2n) is 10.2. The molecule has 1 spiro atoms. The normalized spacial score (nSPS) is 46.6. The minimum atomic E-state index is -0.392. The quantitative estimate of drug-likeness (QED) is 0.521. The van der Waals surface area contributed by atoms with Crippen LogP contribution in [0.4, 0.5) is 0 Å². The molecule has 156 valence electrons. The van der Waals surface area contributed by atoms with Crippen LogP contribution in [0.25, 0.3) is 0 Å². The van der Waals surface area contributed by atoms with Crippen molar-refractivity contribution in [1.29, 1.82) is 0 Å². The average Bonchev–Trinajstić information content (AvgIpc) is 3.36. The first-order valence-electron chi connectivity index (χ1n) is 11.1. The molecule has 6 atom stereocenters. The summed E-state index contributed by atoms with van der Waals surface area (Å²) < 4.78 is 11.4. The van der Waals surface area contributed by atoms with Gasteiger partial charge in [-0.15, -0.1) is 0 Å².